The van der Waals surface area contributed by atoms with Gasteiger partial charge in [-0.2, -0.15) is 10.2 Å². The molecule has 2 aliphatic carbocycles. The highest BCUT2D eigenvalue weighted by atomic mass is 16.1. The molecule has 3 N–H and O–H groups in total. The second kappa shape index (κ2) is 7.42. The van der Waals surface area contributed by atoms with Gasteiger partial charge in [0, 0.05) is 23.4 Å². The van der Waals surface area contributed by atoms with E-state index in [1.807, 2.05) is 6.07 Å². The molecule has 6 nitrogen and oxygen atoms in total. The molecular weight excluding hydrogens is 314 g/mol. The van der Waals surface area contributed by atoms with Crippen molar-refractivity contribution in [1.82, 2.24) is 20.4 Å². The van der Waals surface area contributed by atoms with Gasteiger partial charge in [0.15, 0.2) is 5.82 Å². The van der Waals surface area contributed by atoms with E-state index in [2.05, 4.69) is 25.7 Å². The standard InChI is InChI=1S/C19H27N5O/c25-19(12-17-14-9-5-6-10-15(14)21-23-17)20-18-11-16(22-24-18)13-7-3-1-2-4-8-13/h11,13H,1-10,12H2,(H,21,23)(H2,20,22,24,25). The largest absolute Gasteiger partial charge is 0.309 e. The number of aromatic nitrogens is 4. The number of aromatic amines is 2. The lowest BCUT2D eigenvalue weighted by molar-refractivity contribution is -0.115. The molecule has 0 aliphatic heterocycles. The van der Waals surface area contributed by atoms with Gasteiger partial charge in [0.1, 0.15) is 0 Å². The predicted molar refractivity (Wildman–Crippen MR) is 96.6 cm³/mol. The molecule has 2 heterocycles. The molecule has 0 atom stereocenters. The van der Waals surface area contributed by atoms with E-state index in [1.165, 1.54) is 62.6 Å². The zero-order valence-electron chi connectivity index (χ0n) is 14.7. The average Bonchev–Trinajstić information content (AvgIpc) is 3.14. The van der Waals surface area contributed by atoms with Gasteiger partial charge >= 0.3 is 0 Å². The Labute approximate surface area is 148 Å². The van der Waals surface area contributed by atoms with Crippen molar-refractivity contribution in [2.24, 2.45) is 0 Å². The van der Waals surface area contributed by atoms with Crippen LogP contribution in [0.1, 0.15) is 79.9 Å². The van der Waals surface area contributed by atoms with Gasteiger partial charge in [0.25, 0.3) is 0 Å². The number of fused-ring (bicyclic) bond motifs is 1. The Morgan fingerprint density at radius 2 is 1.84 bits per heavy atom. The Hall–Kier alpha value is -2.11. The van der Waals surface area contributed by atoms with Crippen molar-refractivity contribution in [3.05, 3.63) is 28.7 Å². The molecule has 4 rings (SSSR count). The smallest absolute Gasteiger partial charge is 0.231 e. The first-order chi connectivity index (χ1) is 12.3. The minimum atomic E-state index is -0.0428. The van der Waals surface area contributed by atoms with Gasteiger partial charge in [0.05, 0.1) is 12.1 Å². The number of carbonyl (C=O) groups excluding carboxylic acids is 1. The van der Waals surface area contributed by atoms with Crippen LogP contribution in [0.2, 0.25) is 0 Å². The first kappa shape index (κ1) is 16.4. The van der Waals surface area contributed by atoms with Crippen molar-refractivity contribution in [3.63, 3.8) is 0 Å². The van der Waals surface area contributed by atoms with Crippen LogP contribution in [0.4, 0.5) is 5.82 Å². The second-order valence-electron chi connectivity index (χ2n) is 7.46. The van der Waals surface area contributed by atoms with Gasteiger partial charge in [-0.05, 0) is 44.1 Å². The molecule has 0 spiro atoms. The molecule has 0 aromatic carbocycles. The summed E-state index contributed by atoms with van der Waals surface area (Å²) in [6.45, 7) is 0. The highest BCUT2D eigenvalue weighted by Crippen LogP contribution is 2.31. The summed E-state index contributed by atoms with van der Waals surface area (Å²) in [5.74, 6) is 1.14. The Bertz CT molecular complexity index is 724. The SMILES string of the molecule is O=C(Cc1n[nH]c2c1CCCC2)Nc1cc(C2CCCCCC2)[nH]n1. The van der Waals surface area contributed by atoms with Crippen LogP contribution in [0.3, 0.4) is 0 Å². The van der Waals surface area contributed by atoms with Gasteiger partial charge in [-0.1, -0.05) is 25.7 Å². The fraction of sp³-hybridized carbons (Fsp3) is 0.632. The predicted octanol–water partition coefficient (Wildman–Crippen LogP) is 3.63. The third-order valence-electron chi connectivity index (χ3n) is 5.63. The van der Waals surface area contributed by atoms with E-state index in [-0.39, 0.29) is 5.91 Å². The summed E-state index contributed by atoms with van der Waals surface area (Å²) < 4.78 is 0. The molecule has 0 radical (unpaired) electrons. The zero-order valence-corrected chi connectivity index (χ0v) is 14.7. The molecule has 134 valence electrons. The van der Waals surface area contributed by atoms with Crippen molar-refractivity contribution in [3.8, 4) is 0 Å². The van der Waals surface area contributed by atoms with E-state index >= 15 is 0 Å². The van der Waals surface area contributed by atoms with Crippen LogP contribution in [-0.2, 0) is 24.1 Å². The van der Waals surface area contributed by atoms with E-state index in [0.717, 1.165) is 24.2 Å². The summed E-state index contributed by atoms with van der Waals surface area (Å²) in [5, 5.41) is 17.8. The average molecular weight is 341 g/mol. The molecule has 0 saturated heterocycles. The Balaban J connectivity index is 1.37. The maximum absolute atomic E-state index is 12.4. The lowest BCUT2D eigenvalue weighted by Gasteiger charge is -2.11. The number of hydrogen-bond donors (Lipinski definition) is 3. The fourth-order valence-corrected chi connectivity index (χ4v) is 4.24. The van der Waals surface area contributed by atoms with Crippen molar-refractivity contribution in [2.75, 3.05) is 5.32 Å². The van der Waals surface area contributed by atoms with Crippen molar-refractivity contribution >= 4 is 11.7 Å². The second-order valence-corrected chi connectivity index (χ2v) is 7.46. The number of aryl methyl sites for hydroxylation is 1. The molecule has 6 heteroatoms. The number of H-pyrrole nitrogens is 2. The number of rotatable bonds is 4. The minimum absolute atomic E-state index is 0.0428. The molecule has 0 unspecified atom stereocenters. The van der Waals surface area contributed by atoms with Gasteiger partial charge < -0.3 is 5.32 Å². The van der Waals surface area contributed by atoms with Crippen LogP contribution in [0.15, 0.2) is 6.07 Å². The maximum atomic E-state index is 12.4. The summed E-state index contributed by atoms with van der Waals surface area (Å²) in [6.07, 6.45) is 12.5. The Morgan fingerprint density at radius 1 is 1.04 bits per heavy atom. The summed E-state index contributed by atoms with van der Waals surface area (Å²) in [4.78, 5) is 12.4. The minimum Gasteiger partial charge on any atom is -0.309 e. The quantitative estimate of drug-likeness (QED) is 0.742. The number of hydrogen-bond acceptors (Lipinski definition) is 3. The molecule has 1 amide bonds. The molecule has 2 aromatic rings. The van der Waals surface area contributed by atoms with Gasteiger partial charge in [-0.15, -0.1) is 0 Å². The number of nitrogens with one attached hydrogen (secondary N) is 3. The summed E-state index contributed by atoms with van der Waals surface area (Å²) >= 11 is 0. The fourth-order valence-electron chi connectivity index (χ4n) is 4.24. The van der Waals surface area contributed by atoms with E-state index < -0.39 is 0 Å². The van der Waals surface area contributed by atoms with E-state index in [9.17, 15) is 4.79 Å². The van der Waals surface area contributed by atoms with E-state index in [0.29, 0.717) is 18.2 Å². The molecule has 25 heavy (non-hydrogen) atoms. The van der Waals surface area contributed by atoms with Crippen molar-refractivity contribution in [2.45, 2.75) is 76.5 Å². The third kappa shape index (κ3) is 3.78. The number of carbonyl (C=O) groups is 1. The molecular formula is C19H27N5O. The highest BCUT2D eigenvalue weighted by molar-refractivity contribution is 5.91. The zero-order chi connectivity index (χ0) is 17.1. The highest BCUT2D eigenvalue weighted by Gasteiger charge is 2.20. The van der Waals surface area contributed by atoms with E-state index in [4.69, 9.17) is 0 Å². The third-order valence-corrected chi connectivity index (χ3v) is 5.63. The lowest BCUT2D eigenvalue weighted by Crippen LogP contribution is -2.16. The Morgan fingerprint density at radius 3 is 2.68 bits per heavy atom. The van der Waals surface area contributed by atoms with Crippen LogP contribution in [0, 0.1) is 0 Å². The monoisotopic (exact) mass is 341 g/mol. The van der Waals surface area contributed by atoms with Crippen molar-refractivity contribution in [1.29, 1.82) is 0 Å². The molecule has 0 bridgehead atoms. The van der Waals surface area contributed by atoms with Gasteiger partial charge in [-0.3, -0.25) is 15.0 Å². The first-order valence-corrected chi connectivity index (χ1v) is 9.70. The topological polar surface area (TPSA) is 86.5 Å². The van der Waals surface area contributed by atoms with E-state index in [1.54, 1.807) is 0 Å². The summed E-state index contributed by atoms with van der Waals surface area (Å²) in [7, 11) is 0. The van der Waals surface area contributed by atoms with Crippen LogP contribution in [-0.4, -0.2) is 26.3 Å². The lowest BCUT2D eigenvalue weighted by atomic mass is 9.95. The van der Waals surface area contributed by atoms with Crippen molar-refractivity contribution < 1.29 is 4.79 Å². The number of nitrogens with zero attached hydrogens (tertiary/aromatic N) is 2. The van der Waals surface area contributed by atoms with Crippen LogP contribution in [0.5, 0.6) is 0 Å². The van der Waals surface area contributed by atoms with Crippen LogP contribution >= 0.6 is 0 Å². The number of anilines is 1. The van der Waals surface area contributed by atoms with Crippen LogP contribution < -0.4 is 5.32 Å². The van der Waals surface area contributed by atoms with Crippen LogP contribution in [0.25, 0.3) is 0 Å². The molecule has 1 fully saturated rings. The van der Waals surface area contributed by atoms with Gasteiger partial charge in [-0.25, -0.2) is 0 Å². The molecule has 1 saturated carbocycles. The Kier molecular flexibility index (Phi) is 4.85. The molecule has 2 aliphatic rings. The normalized spacial score (nSPS) is 18.6. The maximum Gasteiger partial charge on any atom is 0.231 e. The molecule has 2 aromatic heterocycles. The first-order valence-electron chi connectivity index (χ1n) is 9.70. The summed E-state index contributed by atoms with van der Waals surface area (Å²) in [6, 6.07) is 2.01. The van der Waals surface area contributed by atoms with Gasteiger partial charge in [0.2, 0.25) is 5.91 Å². The number of amides is 1. The summed E-state index contributed by atoms with van der Waals surface area (Å²) in [5.41, 5.74) is 4.52.